The number of carbonyl (C=O) groups excluding carboxylic acids is 1. The number of aliphatic hydroxyl groups excluding tert-OH is 1. The Bertz CT molecular complexity index is 458. The normalized spacial score (nSPS) is 11.8. The fourth-order valence-electron chi connectivity index (χ4n) is 1.89. The maximum Gasteiger partial charge on any atom is 0.406 e. The monoisotopic (exact) mass is 304 g/mol. The molecule has 1 aromatic rings. The highest BCUT2D eigenvalue weighted by Gasteiger charge is 2.33. The van der Waals surface area contributed by atoms with Gasteiger partial charge in [0.25, 0.3) is 5.91 Å². The Balaban J connectivity index is 2.83. The van der Waals surface area contributed by atoms with Crippen LogP contribution in [0.4, 0.5) is 13.2 Å². The molecule has 0 aliphatic heterocycles. The van der Waals surface area contributed by atoms with Gasteiger partial charge in [-0.3, -0.25) is 4.79 Å². The standard InChI is InChI=1S/C14H19F3N2O2/c1-18(2)9-11-3-5-12(6-4-11)13(21)19(7-8-20)10-14(15,16)17/h3-6,20H,7-10H2,1-2H3. The summed E-state index contributed by atoms with van der Waals surface area (Å²) >= 11 is 0. The summed E-state index contributed by atoms with van der Waals surface area (Å²) in [6.45, 7) is -1.55. The summed E-state index contributed by atoms with van der Waals surface area (Å²) in [5.74, 6) is -0.738. The van der Waals surface area contributed by atoms with Gasteiger partial charge in [0.15, 0.2) is 0 Å². The highest BCUT2D eigenvalue weighted by atomic mass is 19.4. The van der Waals surface area contributed by atoms with E-state index < -0.39 is 25.2 Å². The van der Waals surface area contributed by atoms with E-state index in [0.29, 0.717) is 11.4 Å². The van der Waals surface area contributed by atoms with Gasteiger partial charge in [-0.1, -0.05) is 12.1 Å². The molecule has 0 atom stereocenters. The van der Waals surface area contributed by atoms with E-state index in [4.69, 9.17) is 5.11 Å². The number of alkyl halides is 3. The van der Waals surface area contributed by atoms with Crippen molar-refractivity contribution in [1.82, 2.24) is 9.80 Å². The van der Waals surface area contributed by atoms with Crippen molar-refractivity contribution >= 4 is 5.91 Å². The number of hydrogen-bond acceptors (Lipinski definition) is 3. The van der Waals surface area contributed by atoms with Gasteiger partial charge in [-0.15, -0.1) is 0 Å². The largest absolute Gasteiger partial charge is 0.406 e. The summed E-state index contributed by atoms with van der Waals surface area (Å²) in [5.41, 5.74) is 1.14. The van der Waals surface area contributed by atoms with Crippen LogP contribution in [0, 0.1) is 0 Å². The van der Waals surface area contributed by atoms with Crippen molar-refractivity contribution in [2.24, 2.45) is 0 Å². The highest BCUT2D eigenvalue weighted by Crippen LogP contribution is 2.18. The van der Waals surface area contributed by atoms with E-state index in [2.05, 4.69) is 0 Å². The number of aliphatic hydroxyl groups is 1. The molecule has 1 rings (SSSR count). The molecule has 0 saturated heterocycles. The smallest absolute Gasteiger partial charge is 0.395 e. The topological polar surface area (TPSA) is 43.8 Å². The van der Waals surface area contributed by atoms with E-state index in [-0.39, 0.29) is 12.1 Å². The lowest BCUT2D eigenvalue weighted by atomic mass is 10.1. The molecule has 0 aliphatic rings. The SMILES string of the molecule is CN(C)Cc1ccc(C(=O)N(CCO)CC(F)(F)F)cc1. The molecule has 0 radical (unpaired) electrons. The minimum Gasteiger partial charge on any atom is -0.395 e. The van der Waals surface area contributed by atoms with Gasteiger partial charge in [0.2, 0.25) is 0 Å². The average Bonchev–Trinajstić information content (AvgIpc) is 2.36. The minimum absolute atomic E-state index is 0.176. The second-order valence-corrected chi connectivity index (χ2v) is 5.00. The van der Waals surface area contributed by atoms with Gasteiger partial charge >= 0.3 is 6.18 Å². The Labute approximate surface area is 121 Å². The maximum absolute atomic E-state index is 12.4. The van der Waals surface area contributed by atoms with Gasteiger partial charge in [0.05, 0.1) is 6.61 Å². The second kappa shape index (κ2) is 7.42. The Morgan fingerprint density at radius 3 is 2.19 bits per heavy atom. The summed E-state index contributed by atoms with van der Waals surface area (Å²) in [6.07, 6.45) is -4.49. The van der Waals surface area contributed by atoms with Crippen molar-refractivity contribution in [2.45, 2.75) is 12.7 Å². The summed E-state index contributed by atoms with van der Waals surface area (Å²) < 4.78 is 37.3. The lowest BCUT2D eigenvalue weighted by Gasteiger charge is -2.23. The first-order valence-corrected chi connectivity index (χ1v) is 6.43. The third kappa shape index (κ3) is 6.14. The molecule has 0 fully saturated rings. The Morgan fingerprint density at radius 1 is 1.19 bits per heavy atom. The summed E-state index contributed by atoms with van der Waals surface area (Å²) in [7, 11) is 3.79. The Morgan fingerprint density at radius 2 is 1.76 bits per heavy atom. The fourth-order valence-corrected chi connectivity index (χ4v) is 1.89. The lowest BCUT2D eigenvalue weighted by Crippen LogP contribution is -2.40. The van der Waals surface area contributed by atoms with Crippen LogP contribution in [0.5, 0.6) is 0 Å². The quantitative estimate of drug-likeness (QED) is 0.871. The van der Waals surface area contributed by atoms with Crippen LogP contribution in [0.1, 0.15) is 15.9 Å². The van der Waals surface area contributed by atoms with E-state index in [9.17, 15) is 18.0 Å². The first-order chi connectivity index (χ1) is 9.73. The molecule has 1 N–H and O–H groups in total. The van der Waals surface area contributed by atoms with Crippen molar-refractivity contribution in [3.05, 3.63) is 35.4 Å². The van der Waals surface area contributed by atoms with E-state index in [0.717, 1.165) is 5.56 Å². The molecule has 1 aromatic carbocycles. The van der Waals surface area contributed by atoms with Gasteiger partial charge in [0, 0.05) is 18.7 Å². The zero-order valence-corrected chi connectivity index (χ0v) is 12.0. The third-order valence-electron chi connectivity index (χ3n) is 2.73. The molecule has 0 bridgehead atoms. The van der Waals surface area contributed by atoms with E-state index in [1.54, 1.807) is 12.1 Å². The molecule has 118 valence electrons. The highest BCUT2D eigenvalue weighted by molar-refractivity contribution is 5.94. The predicted octanol–water partition coefficient (Wildman–Crippen LogP) is 1.75. The Hall–Kier alpha value is -1.60. The molecule has 21 heavy (non-hydrogen) atoms. The molecule has 4 nitrogen and oxygen atoms in total. The molecular weight excluding hydrogens is 285 g/mol. The van der Waals surface area contributed by atoms with E-state index in [1.807, 2.05) is 19.0 Å². The summed E-state index contributed by atoms with van der Waals surface area (Å²) in [6, 6.07) is 6.42. The first kappa shape index (κ1) is 17.5. The number of carbonyl (C=O) groups is 1. The van der Waals surface area contributed by atoms with Crippen LogP contribution in [-0.2, 0) is 6.54 Å². The van der Waals surface area contributed by atoms with Gasteiger partial charge in [-0.05, 0) is 31.8 Å². The number of amides is 1. The van der Waals surface area contributed by atoms with E-state index in [1.165, 1.54) is 12.1 Å². The third-order valence-corrected chi connectivity index (χ3v) is 2.73. The second-order valence-electron chi connectivity index (χ2n) is 5.00. The van der Waals surface area contributed by atoms with Crippen LogP contribution in [0.2, 0.25) is 0 Å². The van der Waals surface area contributed by atoms with Gasteiger partial charge < -0.3 is 14.9 Å². The number of rotatable bonds is 6. The average molecular weight is 304 g/mol. The maximum atomic E-state index is 12.4. The number of halogens is 3. The minimum atomic E-state index is -4.49. The summed E-state index contributed by atoms with van der Waals surface area (Å²) in [5, 5.41) is 8.81. The van der Waals surface area contributed by atoms with Gasteiger partial charge in [-0.2, -0.15) is 13.2 Å². The van der Waals surface area contributed by atoms with Crippen LogP contribution in [0.15, 0.2) is 24.3 Å². The van der Waals surface area contributed by atoms with Crippen LogP contribution in [-0.4, -0.2) is 60.8 Å². The zero-order valence-electron chi connectivity index (χ0n) is 12.0. The van der Waals surface area contributed by atoms with Crippen molar-refractivity contribution < 1.29 is 23.1 Å². The van der Waals surface area contributed by atoms with Crippen LogP contribution in [0.3, 0.4) is 0 Å². The molecule has 0 aromatic heterocycles. The number of hydrogen-bond donors (Lipinski definition) is 1. The summed E-state index contributed by atoms with van der Waals surface area (Å²) in [4.78, 5) is 14.6. The van der Waals surface area contributed by atoms with Crippen molar-refractivity contribution in [2.75, 3.05) is 33.8 Å². The van der Waals surface area contributed by atoms with Crippen molar-refractivity contribution in [1.29, 1.82) is 0 Å². The molecule has 0 heterocycles. The van der Waals surface area contributed by atoms with Crippen molar-refractivity contribution in [3.8, 4) is 0 Å². The zero-order chi connectivity index (χ0) is 16.0. The molecule has 0 saturated carbocycles. The number of nitrogens with zero attached hydrogens (tertiary/aromatic N) is 2. The first-order valence-electron chi connectivity index (χ1n) is 6.43. The van der Waals surface area contributed by atoms with Crippen LogP contribution in [0.25, 0.3) is 0 Å². The molecule has 0 unspecified atom stereocenters. The van der Waals surface area contributed by atoms with Gasteiger partial charge in [-0.25, -0.2) is 0 Å². The molecular formula is C14H19F3N2O2. The molecule has 0 aliphatic carbocycles. The fraction of sp³-hybridized carbons (Fsp3) is 0.500. The van der Waals surface area contributed by atoms with Crippen molar-refractivity contribution in [3.63, 3.8) is 0 Å². The molecule has 1 amide bonds. The van der Waals surface area contributed by atoms with Gasteiger partial charge in [0.1, 0.15) is 6.54 Å². The lowest BCUT2D eigenvalue weighted by molar-refractivity contribution is -0.141. The molecule has 7 heteroatoms. The van der Waals surface area contributed by atoms with Crippen LogP contribution >= 0.6 is 0 Å². The van der Waals surface area contributed by atoms with E-state index >= 15 is 0 Å². The van der Waals surface area contributed by atoms with Crippen LogP contribution < -0.4 is 0 Å². The predicted molar refractivity (Wildman–Crippen MR) is 72.9 cm³/mol. The Kier molecular flexibility index (Phi) is 6.17. The number of benzene rings is 1. The molecule has 0 spiro atoms.